The van der Waals surface area contributed by atoms with E-state index in [-0.39, 0.29) is 0 Å². The van der Waals surface area contributed by atoms with Crippen LogP contribution in [0.25, 0.3) is 22.3 Å². The minimum absolute atomic E-state index is 0.428. The lowest BCUT2D eigenvalue weighted by Crippen LogP contribution is -2.28. The van der Waals surface area contributed by atoms with Gasteiger partial charge in [-0.05, 0) is 62.7 Å². The van der Waals surface area contributed by atoms with Crippen LogP contribution in [0.3, 0.4) is 0 Å². The number of rotatable bonds is 3. The topological polar surface area (TPSA) is 0 Å². The third-order valence-corrected chi connectivity index (χ3v) is 6.85. The molecule has 0 radical (unpaired) electrons. The van der Waals surface area contributed by atoms with Gasteiger partial charge in [-0.15, -0.1) is 0 Å². The number of hydrogen-bond acceptors (Lipinski definition) is 0. The molecule has 1 aliphatic rings. The van der Waals surface area contributed by atoms with Gasteiger partial charge in [0.1, 0.15) is 0 Å². The Balaban J connectivity index is 1.75. The number of hydrogen-bond donors (Lipinski definition) is 0. The Hall–Kier alpha value is -3.61. The number of benzene rings is 5. The zero-order valence-corrected chi connectivity index (χ0v) is 18.3. The van der Waals surface area contributed by atoms with E-state index in [1.165, 1.54) is 44.5 Å². The Morgan fingerprint density at radius 3 is 1.88 bits per heavy atom. The highest BCUT2D eigenvalue weighted by Crippen LogP contribution is 2.56. The summed E-state index contributed by atoms with van der Waals surface area (Å²) in [6, 6.07) is 45.4. The lowest BCUT2D eigenvalue weighted by molar-refractivity contribution is 0.769. The Morgan fingerprint density at radius 1 is 0.438 bits per heavy atom. The summed E-state index contributed by atoms with van der Waals surface area (Å²) in [5, 5.41) is 0.753. The predicted octanol–water partition coefficient (Wildman–Crippen LogP) is 8.37. The first-order chi connectivity index (χ1) is 15.8. The average molecular weight is 429 g/mol. The van der Waals surface area contributed by atoms with Crippen molar-refractivity contribution in [3.05, 3.63) is 155 Å². The van der Waals surface area contributed by atoms with Gasteiger partial charge in [-0.2, -0.15) is 0 Å². The molecule has 0 fully saturated rings. The Labute approximate surface area is 193 Å². The maximum Gasteiger partial charge on any atom is 0.0714 e. The quantitative estimate of drug-likeness (QED) is 0.265. The minimum Gasteiger partial charge on any atom is -0.0843 e. The van der Waals surface area contributed by atoms with Gasteiger partial charge in [0, 0.05) is 5.02 Å². The van der Waals surface area contributed by atoms with Crippen LogP contribution in [-0.4, -0.2) is 0 Å². The molecule has 0 amide bonds. The third-order valence-electron chi connectivity index (χ3n) is 6.62. The molecule has 1 aliphatic carbocycles. The fraction of sp³-hybridized carbons (Fsp3) is 0.0323. The molecular weight excluding hydrogens is 408 g/mol. The van der Waals surface area contributed by atoms with Crippen molar-refractivity contribution in [1.29, 1.82) is 0 Å². The van der Waals surface area contributed by atoms with Crippen LogP contribution in [0.5, 0.6) is 0 Å². The highest BCUT2D eigenvalue weighted by Gasteiger charge is 2.46. The van der Waals surface area contributed by atoms with Gasteiger partial charge >= 0.3 is 0 Å². The van der Waals surface area contributed by atoms with Gasteiger partial charge in [0.2, 0.25) is 0 Å². The molecule has 0 nitrogen and oxygen atoms in total. The monoisotopic (exact) mass is 428 g/mol. The Bertz CT molecular complexity index is 1420. The fourth-order valence-corrected chi connectivity index (χ4v) is 5.48. The Kier molecular flexibility index (Phi) is 4.48. The first kappa shape index (κ1) is 19.1. The second-order valence-corrected chi connectivity index (χ2v) is 8.73. The van der Waals surface area contributed by atoms with E-state index in [1.807, 2.05) is 6.07 Å². The molecule has 1 unspecified atom stereocenters. The van der Waals surface area contributed by atoms with Crippen molar-refractivity contribution in [3.63, 3.8) is 0 Å². The molecule has 0 aromatic heterocycles. The van der Waals surface area contributed by atoms with Crippen LogP contribution < -0.4 is 0 Å². The maximum atomic E-state index is 6.55. The lowest BCUT2D eigenvalue weighted by Gasteiger charge is -2.34. The predicted molar refractivity (Wildman–Crippen MR) is 134 cm³/mol. The van der Waals surface area contributed by atoms with Crippen LogP contribution >= 0.6 is 11.6 Å². The summed E-state index contributed by atoms with van der Waals surface area (Å²) in [6.45, 7) is 0. The second kappa shape index (κ2) is 7.51. The first-order valence-corrected chi connectivity index (χ1v) is 11.3. The largest absolute Gasteiger partial charge is 0.0843 e. The van der Waals surface area contributed by atoms with Gasteiger partial charge in [0.05, 0.1) is 5.41 Å². The summed E-state index contributed by atoms with van der Waals surface area (Å²) in [5.41, 5.74) is 9.62. The molecule has 1 heteroatoms. The van der Waals surface area contributed by atoms with E-state index < -0.39 is 5.41 Å². The minimum atomic E-state index is -0.428. The SMILES string of the molecule is Clc1cccc(C2(c3ccccc3)c3ccccc3-c3ccc(-c4ccccc4)cc32)c1. The molecule has 1 atom stereocenters. The Morgan fingerprint density at radius 2 is 1.09 bits per heavy atom. The van der Waals surface area contributed by atoms with E-state index in [0.29, 0.717) is 0 Å². The van der Waals surface area contributed by atoms with Gasteiger partial charge in [0.25, 0.3) is 0 Å². The van der Waals surface area contributed by atoms with Crippen molar-refractivity contribution in [3.8, 4) is 22.3 Å². The van der Waals surface area contributed by atoms with Crippen LogP contribution in [0.2, 0.25) is 5.02 Å². The van der Waals surface area contributed by atoms with Gasteiger partial charge < -0.3 is 0 Å². The van der Waals surface area contributed by atoms with Crippen LogP contribution in [0.4, 0.5) is 0 Å². The van der Waals surface area contributed by atoms with E-state index in [9.17, 15) is 0 Å². The molecule has 152 valence electrons. The zero-order chi connectivity index (χ0) is 21.5. The summed E-state index contributed by atoms with van der Waals surface area (Å²) in [4.78, 5) is 0. The van der Waals surface area contributed by atoms with Gasteiger partial charge in [-0.1, -0.05) is 121 Å². The van der Waals surface area contributed by atoms with Gasteiger partial charge in [-0.25, -0.2) is 0 Å². The average Bonchev–Trinajstić information content (AvgIpc) is 3.16. The van der Waals surface area contributed by atoms with Gasteiger partial charge in [0.15, 0.2) is 0 Å². The summed E-state index contributed by atoms with van der Waals surface area (Å²) in [6.07, 6.45) is 0. The van der Waals surface area contributed by atoms with E-state index >= 15 is 0 Å². The van der Waals surface area contributed by atoms with Crippen molar-refractivity contribution in [2.45, 2.75) is 5.41 Å². The zero-order valence-electron chi connectivity index (χ0n) is 17.5. The molecule has 0 N–H and O–H groups in total. The van der Waals surface area contributed by atoms with E-state index in [0.717, 1.165) is 5.02 Å². The van der Waals surface area contributed by atoms with Gasteiger partial charge in [-0.3, -0.25) is 0 Å². The molecule has 0 bridgehead atoms. The van der Waals surface area contributed by atoms with Crippen molar-refractivity contribution in [2.24, 2.45) is 0 Å². The van der Waals surface area contributed by atoms with Crippen LogP contribution in [0.1, 0.15) is 22.3 Å². The van der Waals surface area contributed by atoms with Crippen molar-refractivity contribution in [1.82, 2.24) is 0 Å². The normalized spacial score (nSPS) is 16.4. The van der Waals surface area contributed by atoms with Crippen LogP contribution in [0, 0.1) is 0 Å². The van der Waals surface area contributed by atoms with E-state index in [1.54, 1.807) is 0 Å². The standard InChI is InChI=1S/C31H21Cl/c32-26-15-9-14-25(21-26)31(24-12-5-2-6-13-24)29-17-8-7-16-27(29)28-19-18-23(20-30(28)31)22-10-3-1-4-11-22/h1-21H. The molecule has 32 heavy (non-hydrogen) atoms. The first-order valence-electron chi connectivity index (χ1n) is 10.9. The molecule has 0 aliphatic heterocycles. The molecule has 5 aromatic rings. The number of fused-ring (bicyclic) bond motifs is 3. The van der Waals surface area contributed by atoms with E-state index in [4.69, 9.17) is 11.6 Å². The molecule has 5 aromatic carbocycles. The summed E-state index contributed by atoms with van der Waals surface area (Å²) < 4.78 is 0. The van der Waals surface area contributed by atoms with Crippen molar-refractivity contribution < 1.29 is 0 Å². The third kappa shape index (κ3) is 2.77. The maximum absolute atomic E-state index is 6.55. The summed E-state index contributed by atoms with van der Waals surface area (Å²) in [7, 11) is 0. The molecule has 0 saturated carbocycles. The highest BCUT2D eigenvalue weighted by molar-refractivity contribution is 6.30. The lowest BCUT2D eigenvalue weighted by atomic mass is 9.67. The van der Waals surface area contributed by atoms with Crippen molar-refractivity contribution in [2.75, 3.05) is 0 Å². The summed E-state index contributed by atoms with van der Waals surface area (Å²) in [5.74, 6) is 0. The molecule has 0 spiro atoms. The van der Waals surface area contributed by atoms with Crippen LogP contribution in [0.15, 0.2) is 127 Å². The molecule has 0 saturated heterocycles. The number of halogens is 1. The second-order valence-electron chi connectivity index (χ2n) is 8.30. The highest BCUT2D eigenvalue weighted by atomic mass is 35.5. The molecule has 0 heterocycles. The fourth-order valence-electron chi connectivity index (χ4n) is 5.29. The summed E-state index contributed by atoms with van der Waals surface area (Å²) >= 11 is 6.55. The molecular formula is C31H21Cl. The van der Waals surface area contributed by atoms with Crippen LogP contribution in [-0.2, 0) is 5.41 Å². The van der Waals surface area contributed by atoms with Crippen molar-refractivity contribution >= 4 is 11.6 Å². The smallest absolute Gasteiger partial charge is 0.0714 e. The molecule has 6 rings (SSSR count). The van der Waals surface area contributed by atoms with E-state index in [2.05, 4.69) is 121 Å².